The van der Waals surface area contributed by atoms with Crippen LogP contribution in [0.15, 0.2) is 47.4 Å². The van der Waals surface area contributed by atoms with E-state index < -0.39 is 15.8 Å². The van der Waals surface area contributed by atoms with E-state index in [-0.39, 0.29) is 23.8 Å². The Morgan fingerprint density at radius 1 is 1.04 bits per heavy atom. The van der Waals surface area contributed by atoms with Gasteiger partial charge in [-0.3, -0.25) is 4.79 Å². The zero-order valence-electron chi connectivity index (χ0n) is 15.4. The summed E-state index contributed by atoms with van der Waals surface area (Å²) < 4.78 is 44.9. The van der Waals surface area contributed by atoms with Crippen molar-refractivity contribution in [2.24, 2.45) is 0 Å². The lowest BCUT2D eigenvalue weighted by molar-refractivity contribution is -0.121. The molecule has 1 aliphatic rings. The van der Waals surface area contributed by atoms with Crippen molar-refractivity contribution in [3.8, 4) is 5.75 Å². The van der Waals surface area contributed by atoms with Gasteiger partial charge in [0.2, 0.25) is 15.9 Å². The van der Waals surface area contributed by atoms with Crippen molar-refractivity contribution in [3.05, 3.63) is 59.4 Å². The molecular weight excluding hydrogens is 383 g/mol. The predicted molar refractivity (Wildman–Crippen MR) is 103 cm³/mol. The van der Waals surface area contributed by atoms with Gasteiger partial charge in [0, 0.05) is 13.0 Å². The number of halogens is 1. The highest BCUT2D eigenvalue weighted by Crippen LogP contribution is 2.25. The van der Waals surface area contributed by atoms with E-state index in [1.54, 1.807) is 0 Å². The molecule has 0 atom stereocenters. The molecule has 8 heteroatoms. The van der Waals surface area contributed by atoms with Gasteiger partial charge >= 0.3 is 0 Å². The molecule has 0 fully saturated rings. The van der Waals surface area contributed by atoms with Gasteiger partial charge in [0.25, 0.3) is 0 Å². The standard InChI is InChI=1S/C20H23FN2O4S/c21-17-5-8-19(9-6-17)28(25,26)23-11-10-20(24)22-12-13-27-18-7-4-15-2-1-3-16(15)14-18/h4-9,14,23H,1-3,10-13H2,(H,22,24). The van der Waals surface area contributed by atoms with Crippen LogP contribution in [-0.2, 0) is 27.7 Å². The molecule has 150 valence electrons. The molecule has 0 spiro atoms. The zero-order chi connectivity index (χ0) is 20.0. The normalized spacial score (nSPS) is 13.2. The first kappa shape index (κ1) is 20.3. The smallest absolute Gasteiger partial charge is 0.240 e. The molecule has 1 aliphatic carbocycles. The number of carbonyl (C=O) groups excluding carboxylic acids is 1. The van der Waals surface area contributed by atoms with E-state index in [1.165, 1.54) is 29.7 Å². The van der Waals surface area contributed by atoms with E-state index in [0.717, 1.165) is 30.7 Å². The first-order chi connectivity index (χ1) is 13.4. The number of nitrogens with one attached hydrogen (secondary N) is 2. The SMILES string of the molecule is O=C(CCNS(=O)(=O)c1ccc(F)cc1)NCCOc1ccc2c(c1)CCC2. The molecule has 0 saturated heterocycles. The summed E-state index contributed by atoms with van der Waals surface area (Å²) in [5.41, 5.74) is 2.71. The number of sulfonamides is 1. The summed E-state index contributed by atoms with van der Waals surface area (Å²) >= 11 is 0. The average molecular weight is 406 g/mol. The van der Waals surface area contributed by atoms with E-state index in [2.05, 4.69) is 16.1 Å². The van der Waals surface area contributed by atoms with E-state index in [1.807, 2.05) is 12.1 Å². The maximum absolute atomic E-state index is 12.9. The molecule has 0 unspecified atom stereocenters. The van der Waals surface area contributed by atoms with E-state index in [0.29, 0.717) is 13.2 Å². The molecular formula is C20H23FN2O4S. The number of carbonyl (C=O) groups is 1. The Morgan fingerprint density at radius 3 is 2.57 bits per heavy atom. The van der Waals surface area contributed by atoms with E-state index in [9.17, 15) is 17.6 Å². The topological polar surface area (TPSA) is 84.5 Å². The number of ether oxygens (including phenoxy) is 1. The van der Waals surface area contributed by atoms with Crippen LogP contribution in [-0.4, -0.2) is 34.0 Å². The molecule has 0 radical (unpaired) electrons. The number of hydrogen-bond acceptors (Lipinski definition) is 4. The van der Waals surface area contributed by atoms with Gasteiger partial charge in [-0.1, -0.05) is 6.07 Å². The highest BCUT2D eigenvalue weighted by molar-refractivity contribution is 7.89. The van der Waals surface area contributed by atoms with Crippen LogP contribution in [0.5, 0.6) is 5.75 Å². The highest BCUT2D eigenvalue weighted by atomic mass is 32.2. The lowest BCUT2D eigenvalue weighted by atomic mass is 10.1. The lowest BCUT2D eigenvalue weighted by Crippen LogP contribution is -2.32. The Morgan fingerprint density at radius 2 is 1.79 bits per heavy atom. The Balaban J connectivity index is 1.34. The molecule has 3 rings (SSSR count). The predicted octanol–water partition coefficient (Wildman–Crippen LogP) is 2.18. The summed E-state index contributed by atoms with van der Waals surface area (Å²) in [5, 5.41) is 2.69. The fourth-order valence-corrected chi connectivity index (χ4v) is 4.11. The molecule has 6 nitrogen and oxygen atoms in total. The van der Waals surface area contributed by atoms with Crippen molar-refractivity contribution in [3.63, 3.8) is 0 Å². The number of hydrogen-bond donors (Lipinski definition) is 2. The monoisotopic (exact) mass is 406 g/mol. The number of amides is 1. The van der Waals surface area contributed by atoms with Gasteiger partial charge in [-0.2, -0.15) is 0 Å². The van der Waals surface area contributed by atoms with Gasteiger partial charge in [0.1, 0.15) is 18.2 Å². The fourth-order valence-electron chi connectivity index (χ4n) is 3.08. The molecule has 1 amide bonds. The first-order valence-corrected chi connectivity index (χ1v) is 10.7. The molecule has 0 aromatic heterocycles. The highest BCUT2D eigenvalue weighted by Gasteiger charge is 2.14. The minimum Gasteiger partial charge on any atom is -0.492 e. The third-order valence-electron chi connectivity index (χ3n) is 4.53. The summed E-state index contributed by atoms with van der Waals surface area (Å²) in [4.78, 5) is 11.8. The van der Waals surface area contributed by atoms with Crippen LogP contribution in [0.4, 0.5) is 4.39 Å². The Labute approximate surface area is 164 Å². The molecule has 0 aliphatic heterocycles. The van der Waals surface area contributed by atoms with Gasteiger partial charge in [-0.05, 0) is 66.8 Å². The molecule has 0 heterocycles. The zero-order valence-corrected chi connectivity index (χ0v) is 16.2. The molecule has 0 bridgehead atoms. The Kier molecular flexibility index (Phi) is 6.64. The van der Waals surface area contributed by atoms with Crippen molar-refractivity contribution >= 4 is 15.9 Å². The lowest BCUT2D eigenvalue weighted by Gasteiger charge is -2.10. The maximum Gasteiger partial charge on any atom is 0.240 e. The van der Waals surface area contributed by atoms with E-state index >= 15 is 0 Å². The van der Waals surface area contributed by atoms with Crippen molar-refractivity contribution < 1.29 is 22.3 Å². The second kappa shape index (κ2) is 9.16. The van der Waals surface area contributed by atoms with Gasteiger partial charge in [-0.15, -0.1) is 0 Å². The van der Waals surface area contributed by atoms with Gasteiger partial charge in [-0.25, -0.2) is 17.5 Å². The summed E-state index contributed by atoms with van der Waals surface area (Å²) in [6.45, 7) is 0.629. The van der Waals surface area contributed by atoms with Crippen LogP contribution in [0.25, 0.3) is 0 Å². The number of rotatable bonds is 9. The maximum atomic E-state index is 12.9. The largest absolute Gasteiger partial charge is 0.492 e. The van der Waals surface area contributed by atoms with Crippen molar-refractivity contribution in [2.45, 2.75) is 30.6 Å². The summed E-state index contributed by atoms with van der Waals surface area (Å²) in [7, 11) is -3.76. The minimum atomic E-state index is -3.76. The van der Waals surface area contributed by atoms with Crippen LogP contribution in [0.2, 0.25) is 0 Å². The molecule has 2 aromatic rings. The van der Waals surface area contributed by atoms with Crippen LogP contribution in [0.1, 0.15) is 24.0 Å². The van der Waals surface area contributed by atoms with Crippen LogP contribution >= 0.6 is 0 Å². The van der Waals surface area contributed by atoms with Crippen LogP contribution < -0.4 is 14.8 Å². The quantitative estimate of drug-likeness (QED) is 0.625. The van der Waals surface area contributed by atoms with Gasteiger partial charge < -0.3 is 10.1 Å². The van der Waals surface area contributed by atoms with Crippen LogP contribution in [0, 0.1) is 5.82 Å². The van der Waals surface area contributed by atoms with Crippen LogP contribution in [0.3, 0.4) is 0 Å². The third-order valence-corrected chi connectivity index (χ3v) is 6.01. The summed E-state index contributed by atoms with van der Waals surface area (Å²) in [6, 6.07) is 10.6. The second-order valence-corrected chi connectivity index (χ2v) is 8.35. The molecule has 2 N–H and O–H groups in total. The first-order valence-electron chi connectivity index (χ1n) is 9.20. The van der Waals surface area contributed by atoms with Crippen molar-refractivity contribution in [1.29, 1.82) is 0 Å². The summed E-state index contributed by atoms with van der Waals surface area (Å²) in [6.07, 6.45) is 3.38. The minimum absolute atomic E-state index is 0.000724. The third kappa shape index (κ3) is 5.53. The van der Waals surface area contributed by atoms with E-state index in [4.69, 9.17) is 4.74 Å². The Bertz CT molecular complexity index is 930. The fraction of sp³-hybridized carbons (Fsp3) is 0.350. The number of fused-ring (bicyclic) bond motifs is 1. The Hall–Kier alpha value is -2.45. The number of benzene rings is 2. The average Bonchev–Trinajstić information content (AvgIpc) is 3.13. The number of aryl methyl sites for hydroxylation is 2. The molecule has 28 heavy (non-hydrogen) atoms. The van der Waals surface area contributed by atoms with Gasteiger partial charge in [0.05, 0.1) is 11.4 Å². The molecule has 0 saturated carbocycles. The van der Waals surface area contributed by atoms with Gasteiger partial charge in [0.15, 0.2) is 0 Å². The van der Waals surface area contributed by atoms with Crippen molar-refractivity contribution in [1.82, 2.24) is 10.0 Å². The second-order valence-electron chi connectivity index (χ2n) is 6.58. The summed E-state index contributed by atoms with van der Waals surface area (Å²) in [5.74, 6) is 0.00162. The van der Waals surface area contributed by atoms with Crippen molar-refractivity contribution in [2.75, 3.05) is 19.7 Å². The molecule has 2 aromatic carbocycles.